The molecule has 0 N–H and O–H groups in total. The van der Waals surface area contributed by atoms with Gasteiger partial charge in [-0.05, 0) is 41.8 Å². The molecule has 1 aliphatic rings. The fourth-order valence-electron chi connectivity index (χ4n) is 2.12. The molecule has 0 saturated carbocycles. The van der Waals surface area contributed by atoms with Crippen LogP contribution in [0.1, 0.15) is 23.7 Å². The van der Waals surface area contributed by atoms with Gasteiger partial charge in [-0.2, -0.15) is 0 Å². The van der Waals surface area contributed by atoms with Gasteiger partial charge in [0.1, 0.15) is 5.75 Å². The predicted octanol–water partition coefficient (Wildman–Crippen LogP) is 2.97. The Morgan fingerprint density at radius 1 is 1.33 bits per heavy atom. The number of fused-ring (bicyclic) bond motifs is 1. The van der Waals surface area contributed by atoms with Gasteiger partial charge in [-0.1, -0.05) is 6.07 Å². The first-order valence-corrected chi connectivity index (χ1v) is 6.03. The number of aromatic nitrogens is 2. The van der Waals surface area contributed by atoms with E-state index in [4.69, 9.17) is 4.74 Å². The number of nitrogens with zero attached hydrogens (tertiary/aromatic N) is 2. The van der Waals surface area contributed by atoms with E-state index >= 15 is 0 Å². The Morgan fingerprint density at radius 3 is 3.11 bits per heavy atom. The van der Waals surface area contributed by atoms with E-state index in [1.54, 1.807) is 18.6 Å². The third-order valence-corrected chi connectivity index (χ3v) is 3.06. The van der Waals surface area contributed by atoms with E-state index in [-0.39, 0.29) is 0 Å². The van der Waals surface area contributed by atoms with Crippen molar-refractivity contribution in [3.05, 3.63) is 53.6 Å². The van der Waals surface area contributed by atoms with Gasteiger partial charge in [-0.15, -0.1) is 0 Å². The van der Waals surface area contributed by atoms with Crippen molar-refractivity contribution in [1.29, 1.82) is 0 Å². The van der Waals surface area contributed by atoms with Crippen LogP contribution in [0.4, 0.5) is 0 Å². The van der Waals surface area contributed by atoms with Gasteiger partial charge < -0.3 is 4.74 Å². The first-order chi connectivity index (χ1) is 8.83. The first kappa shape index (κ1) is 11.0. The van der Waals surface area contributed by atoms with Gasteiger partial charge in [0.2, 0.25) is 0 Å². The summed E-state index contributed by atoms with van der Waals surface area (Å²) in [7, 11) is 0. The van der Waals surface area contributed by atoms with Gasteiger partial charge in [0.25, 0.3) is 0 Å². The van der Waals surface area contributed by atoms with Crippen molar-refractivity contribution in [3.63, 3.8) is 0 Å². The van der Waals surface area contributed by atoms with E-state index in [0.29, 0.717) is 0 Å². The molecule has 0 radical (unpaired) electrons. The molecule has 90 valence electrons. The van der Waals surface area contributed by atoms with Crippen molar-refractivity contribution in [2.75, 3.05) is 6.61 Å². The third-order valence-electron chi connectivity index (χ3n) is 3.06. The molecule has 0 unspecified atom stereocenters. The highest BCUT2D eigenvalue weighted by atomic mass is 16.5. The minimum atomic E-state index is 0.797. The maximum Gasteiger partial charge on any atom is 0.122 e. The molecular weight excluding hydrogens is 224 g/mol. The van der Waals surface area contributed by atoms with E-state index < -0.39 is 0 Å². The molecule has 1 aromatic carbocycles. The smallest absolute Gasteiger partial charge is 0.122 e. The highest BCUT2D eigenvalue weighted by molar-refractivity contribution is 5.78. The summed E-state index contributed by atoms with van der Waals surface area (Å²) in [6.07, 6.45) is 8.30. The second kappa shape index (κ2) is 4.61. The van der Waals surface area contributed by atoms with Gasteiger partial charge in [0.05, 0.1) is 18.5 Å². The van der Waals surface area contributed by atoms with Crippen LogP contribution in [-0.4, -0.2) is 16.6 Å². The van der Waals surface area contributed by atoms with Crippen LogP contribution in [0.15, 0.2) is 36.8 Å². The van der Waals surface area contributed by atoms with Crippen molar-refractivity contribution in [3.8, 4) is 5.75 Å². The molecule has 3 nitrogen and oxygen atoms in total. The number of allylic oxidation sites excluding steroid dienone is 1. The topological polar surface area (TPSA) is 35.0 Å². The lowest BCUT2D eigenvalue weighted by Gasteiger charge is -2.02. The molecule has 0 fully saturated rings. The van der Waals surface area contributed by atoms with Crippen molar-refractivity contribution < 1.29 is 4.74 Å². The Kier molecular flexibility index (Phi) is 2.81. The van der Waals surface area contributed by atoms with E-state index in [9.17, 15) is 0 Å². The summed E-state index contributed by atoms with van der Waals surface area (Å²) in [5.41, 5.74) is 4.49. The van der Waals surface area contributed by atoms with Crippen LogP contribution in [0.3, 0.4) is 0 Å². The normalized spacial score (nSPS) is 14.2. The third kappa shape index (κ3) is 2.12. The molecule has 18 heavy (non-hydrogen) atoms. The molecule has 3 rings (SSSR count). The average Bonchev–Trinajstić information content (AvgIpc) is 2.87. The molecular formula is C15H14N2O. The maximum atomic E-state index is 5.50. The predicted molar refractivity (Wildman–Crippen MR) is 71.2 cm³/mol. The molecule has 1 aromatic heterocycles. The molecule has 0 bridgehead atoms. The molecule has 0 aliphatic carbocycles. The van der Waals surface area contributed by atoms with Crippen molar-refractivity contribution in [2.45, 2.75) is 13.3 Å². The standard InChI is InChI=1S/C15H14N2O/c1-11(14-10-16-5-6-17-14)8-12-2-3-15-13(9-12)4-7-18-15/h2-3,5-6,8-10H,4,7H2,1H3/b11-8-. The quantitative estimate of drug-likeness (QED) is 0.806. The molecule has 2 aromatic rings. The van der Waals surface area contributed by atoms with E-state index in [2.05, 4.69) is 28.2 Å². The SMILES string of the molecule is C/C(=C/c1ccc2c(c1)CCO2)c1cnccn1. The molecule has 0 atom stereocenters. The minimum Gasteiger partial charge on any atom is -0.493 e. The second-order valence-corrected chi connectivity index (χ2v) is 4.38. The second-order valence-electron chi connectivity index (χ2n) is 4.38. The zero-order valence-corrected chi connectivity index (χ0v) is 10.3. The van der Waals surface area contributed by atoms with Crippen LogP contribution in [-0.2, 0) is 6.42 Å². The molecule has 0 spiro atoms. The summed E-state index contributed by atoms with van der Waals surface area (Å²) in [6.45, 7) is 2.85. The van der Waals surface area contributed by atoms with Crippen LogP contribution >= 0.6 is 0 Å². The average molecular weight is 238 g/mol. The Balaban J connectivity index is 1.92. The molecule has 0 saturated heterocycles. The summed E-state index contributed by atoms with van der Waals surface area (Å²) in [5.74, 6) is 1.02. The van der Waals surface area contributed by atoms with Gasteiger partial charge in [-0.3, -0.25) is 9.97 Å². The summed E-state index contributed by atoms with van der Waals surface area (Å²) in [5, 5.41) is 0. The van der Waals surface area contributed by atoms with E-state index in [0.717, 1.165) is 30.0 Å². The van der Waals surface area contributed by atoms with Crippen molar-refractivity contribution in [2.24, 2.45) is 0 Å². The zero-order chi connectivity index (χ0) is 12.4. The van der Waals surface area contributed by atoms with Gasteiger partial charge >= 0.3 is 0 Å². The number of ether oxygens (including phenoxy) is 1. The number of rotatable bonds is 2. The van der Waals surface area contributed by atoms with Crippen molar-refractivity contribution >= 4 is 11.6 Å². The van der Waals surface area contributed by atoms with Gasteiger partial charge in [-0.25, -0.2) is 0 Å². The van der Waals surface area contributed by atoms with Crippen LogP contribution in [0.2, 0.25) is 0 Å². The monoisotopic (exact) mass is 238 g/mol. The van der Waals surface area contributed by atoms with Gasteiger partial charge in [0.15, 0.2) is 0 Å². The van der Waals surface area contributed by atoms with Crippen LogP contribution in [0, 0.1) is 0 Å². The number of benzene rings is 1. The van der Waals surface area contributed by atoms with Crippen LogP contribution in [0.5, 0.6) is 5.75 Å². The Bertz CT molecular complexity index is 591. The molecule has 0 amide bonds. The van der Waals surface area contributed by atoms with E-state index in [1.807, 2.05) is 13.0 Å². The van der Waals surface area contributed by atoms with Crippen LogP contribution < -0.4 is 4.74 Å². The zero-order valence-electron chi connectivity index (χ0n) is 10.3. The lowest BCUT2D eigenvalue weighted by Crippen LogP contribution is -1.87. The fourth-order valence-corrected chi connectivity index (χ4v) is 2.12. The first-order valence-electron chi connectivity index (χ1n) is 6.03. The van der Waals surface area contributed by atoms with Crippen molar-refractivity contribution in [1.82, 2.24) is 9.97 Å². The largest absolute Gasteiger partial charge is 0.493 e. The number of hydrogen-bond acceptors (Lipinski definition) is 3. The van der Waals surface area contributed by atoms with Gasteiger partial charge in [0, 0.05) is 18.8 Å². The molecule has 2 heterocycles. The number of hydrogen-bond donors (Lipinski definition) is 0. The maximum absolute atomic E-state index is 5.50. The molecule has 3 heteroatoms. The summed E-state index contributed by atoms with van der Waals surface area (Å²) >= 11 is 0. The van der Waals surface area contributed by atoms with Crippen LogP contribution in [0.25, 0.3) is 11.6 Å². The lowest BCUT2D eigenvalue weighted by molar-refractivity contribution is 0.357. The summed E-state index contributed by atoms with van der Waals surface area (Å²) < 4.78 is 5.50. The Morgan fingerprint density at radius 2 is 2.28 bits per heavy atom. The lowest BCUT2D eigenvalue weighted by atomic mass is 10.1. The summed E-state index contributed by atoms with van der Waals surface area (Å²) in [4.78, 5) is 8.37. The Labute approximate surface area is 106 Å². The fraction of sp³-hybridized carbons (Fsp3) is 0.200. The Hall–Kier alpha value is -2.16. The minimum absolute atomic E-state index is 0.797. The highest BCUT2D eigenvalue weighted by Crippen LogP contribution is 2.27. The highest BCUT2D eigenvalue weighted by Gasteiger charge is 2.11. The molecule has 1 aliphatic heterocycles. The van der Waals surface area contributed by atoms with E-state index in [1.165, 1.54) is 11.1 Å². The summed E-state index contributed by atoms with van der Waals surface area (Å²) in [6, 6.07) is 6.30.